The van der Waals surface area contributed by atoms with Gasteiger partial charge >= 0.3 is 0 Å². The number of rotatable bonds is 1. The summed E-state index contributed by atoms with van der Waals surface area (Å²) in [5, 5.41) is 0. The summed E-state index contributed by atoms with van der Waals surface area (Å²) in [6.45, 7) is 9.02. The van der Waals surface area contributed by atoms with Crippen molar-refractivity contribution in [1.29, 1.82) is 0 Å². The van der Waals surface area contributed by atoms with Gasteiger partial charge in [0.15, 0.2) is 0 Å². The minimum absolute atomic E-state index is 0.127. The molecule has 0 unspecified atom stereocenters. The number of aryl methyl sites for hydroxylation is 1. The molecule has 0 bridgehead atoms. The van der Waals surface area contributed by atoms with Crippen molar-refractivity contribution in [2.45, 2.75) is 72.3 Å². The van der Waals surface area contributed by atoms with Gasteiger partial charge in [0.1, 0.15) is 5.82 Å². The molecule has 0 radical (unpaired) electrons. The van der Waals surface area contributed by atoms with Gasteiger partial charge in [-0.2, -0.15) is 0 Å². The Morgan fingerprint density at radius 3 is 2.42 bits per heavy atom. The van der Waals surface area contributed by atoms with Crippen molar-refractivity contribution >= 4 is 11.6 Å². The molecule has 0 saturated heterocycles. The summed E-state index contributed by atoms with van der Waals surface area (Å²) in [4.78, 5) is 15.2. The van der Waals surface area contributed by atoms with Crippen molar-refractivity contribution in [3.63, 3.8) is 0 Å². The van der Waals surface area contributed by atoms with E-state index in [0.717, 1.165) is 49.8 Å². The molecule has 1 aliphatic heterocycles. The molecular formula is C21H30FNO. The molecule has 0 spiro atoms. The van der Waals surface area contributed by atoms with Gasteiger partial charge in [0.05, 0.1) is 0 Å². The van der Waals surface area contributed by atoms with Gasteiger partial charge in [-0.3, -0.25) is 4.79 Å². The molecule has 24 heavy (non-hydrogen) atoms. The fourth-order valence-corrected chi connectivity index (χ4v) is 4.46. The molecule has 1 aromatic carbocycles. The standard InChI is InChI=1S/C21H30FNO/c1-14-5-6-16-13-18(22)11-12-19(16)23(14)20(24)15-7-9-17(10-8-15)21(2,3)4/h11-15,17H,5-10H2,1-4H3/t14-,15?,17?/m1/s1. The molecule has 1 aliphatic carbocycles. The van der Waals surface area contributed by atoms with Crippen molar-refractivity contribution < 1.29 is 9.18 Å². The number of fused-ring (bicyclic) bond motifs is 1. The Kier molecular flexibility index (Phi) is 4.72. The summed E-state index contributed by atoms with van der Waals surface area (Å²) in [6.07, 6.45) is 6.02. The Hall–Kier alpha value is -1.38. The molecule has 3 rings (SSSR count). The number of hydrogen-bond donors (Lipinski definition) is 0. The van der Waals surface area contributed by atoms with E-state index in [9.17, 15) is 9.18 Å². The molecule has 2 nitrogen and oxygen atoms in total. The Labute approximate surface area is 145 Å². The van der Waals surface area contributed by atoms with E-state index >= 15 is 0 Å². The van der Waals surface area contributed by atoms with Gasteiger partial charge in [-0.15, -0.1) is 0 Å². The quantitative estimate of drug-likeness (QED) is 0.679. The first kappa shape index (κ1) is 17.4. The SMILES string of the molecule is C[C@@H]1CCc2cc(F)ccc2N1C(=O)C1CCC(C(C)(C)C)CC1. The highest BCUT2D eigenvalue weighted by atomic mass is 19.1. The highest BCUT2D eigenvalue weighted by Gasteiger charge is 2.37. The Balaban J connectivity index is 1.76. The number of nitrogens with zero attached hydrogens (tertiary/aromatic N) is 1. The minimum Gasteiger partial charge on any atom is -0.309 e. The van der Waals surface area contributed by atoms with Crippen LogP contribution in [-0.2, 0) is 11.2 Å². The van der Waals surface area contributed by atoms with Gasteiger partial charge in [0, 0.05) is 17.6 Å². The Morgan fingerprint density at radius 2 is 1.79 bits per heavy atom. The predicted molar refractivity (Wildman–Crippen MR) is 96.6 cm³/mol. The second-order valence-corrected chi connectivity index (χ2v) is 8.78. The molecule has 132 valence electrons. The third-order valence-electron chi connectivity index (χ3n) is 6.11. The third kappa shape index (κ3) is 3.36. The Bertz CT molecular complexity index is 611. The van der Waals surface area contributed by atoms with Gasteiger partial charge in [0.2, 0.25) is 5.91 Å². The van der Waals surface area contributed by atoms with Gasteiger partial charge in [-0.1, -0.05) is 20.8 Å². The molecule has 1 atom stereocenters. The first-order valence-electron chi connectivity index (χ1n) is 9.39. The van der Waals surface area contributed by atoms with Gasteiger partial charge in [0.25, 0.3) is 0 Å². The number of benzene rings is 1. The van der Waals surface area contributed by atoms with Crippen molar-refractivity contribution in [1.82, 2.24) is 0 Å². The highest BCUT2D eigenvalue weighted by Crippen LogP contribution is 2.41. The first-order chi connectivity index (χ1) is 11.3. The third-order valence-corrected chi connectivity index (χ3v) is 6.11. The van der Waals surface area contributed by atoms with Gasteiger partial charge in [-0.25, -0.2) is 4.39 Å². The summed E-state index contributed by atoms with van der Waals surface area (Å²) in [5.41, 5.74) is 2.24. The summed E-state index contributed by atoms with van der Waals surface area (Å²) < 4.78 is 13.5. The van der Waals surface area contributed by atoms with E-state index in [2.05, 4.69) is 27.7 Å². The number of amides is 1. The topological polar surface area (TPSA) is 20.3 Å². The minimum atomic E-state index is -0.207. The van der Waals surface area contributed by atoms with Crippen LogP contribution in [-0.4, -0.2) is 11.9 Å². The second-order valence-electron chi connectivity index (χ2n) is 8.78. The number of carbonyl (C=O) groups is 1. The van der Waals surface area contributed by atoms with Gasteiger partial charge < -0.3 is 4.90 Å². The van der Waals surface area contributed by atoms with Gasteiger partial charge in [-0.05, 0) is 80.5 Å². The highest BCUT2D eigenvalue weighted by molar-refractivity contribution is 5.96. The van der Waals surface area contributed by atoms with Crippen molar-refractivity contribution in [3.8, 4) is 0 Å². The summed E-state index contributed by atoms with van der Waals surface area (Å²) in [6, 6.07) is 5.07. The van der Waals surface area contributed by atoms with Crippen LogP contribution in [0.4, 0.5) is 10.1 Å². The zero-order valence-electron chi connectivity index (χ0n) is 15.4. The molecule has 1 amide bonds. The van der Waals surface area contributed by atoms with Crippen molar-refractivity contribution in [3.05, 3.63) is 29.6 Å². The zero-order chi connectivity index (χ0) is 17.5. The summed E-state index contributed by atoms with van der Waals surface area (Å²) >= 11 is 0. The molecule has 1 saturated carbocycles. The molecule has 1 aromatic rings. The van der Waals surface area contributed by atoms with Crippen molar-refractivity contribution in [2.75, 3.05) is 4.90 Å². The van der Waals surface area contributed by atoms with Crippen LogP contribution in [0.3, 0.4) is 0 Å². The lowest BCUT2D eigenvalue weighted by Gasteiger charge is -2.41. The van der Waals surface area contributed by atoms with Crippen LogP contribution >= 0.6 is 0 Å². The van der Waals surface area contributed by atoms with E-state index in [1.165, 1.54) is 6.07 Å². The average molecular weight is 331 g/mol. The lowest BCUT2D eigenvalue weighted by atomic mass is 9.69. The van der Waals surface area contributed by atoms with E-state index in [-0.39, 0.29) is 23.7 Å². The normalized spacial score (nSPS) is 27.7. The van der Waals surface area contributed by atoms with Crippen molar-refractivity contribution in [2.24, 2.45) is 17.3 Å². The summed E-state index contributed by atoms with van der Waals surface area (Å²) in [7, 11) is 0. The molecule has 1 fully saturated rings. The molecule has 0 N–H and O–H groups in total. The maximum atomic E-state index is 13.5. The smallest absolute Gasteiger partial charge is 0.230 e. The lowest BCUT2D eigenvalue weighted by molar-refractivity contribution is -0.124. The first-order valence-corrected chi connectivity index (χ1v) is 9.39. The molecule has 3 heteroatoms. The summed E-state index contributed by atoms with van der Waals surface area (Å²) in [5.74, 6) is 0.882. The van der Waals surface area contributed by atoms with E-state index in [1.54, 1.807) is 12.1 Å². The van der Waals surface area contributed by atoms with Crippen LogP contribution in [0.5, 0.6) is 0 Å². The molecule has 0 aromatic heterocycles. The van der Waals surface area contributed by atoms with Crippen LogP contribution < -0.4 is 4.90 Å². The van der Waals surface area contributed by atoms with Crippen LogP contribution in [0, 0.1) is 23.1 Å². The fraction of sp³-hybridized carbons (Fsp3) is 0.667. The number of hydrogen-bond acceptors (Lipinski definition) is 1. The Morgan fingerprint density at radius 1 is 1.12 bits per heavy atom. The largest absolute Gasteiger partial charge is 0.309 e. The monoisotopic (exact) mass is 331 g/mol. The number of anilines is 1. The van der Waals surface area contributed by atoms with Crippen LogP contribution in [0.1, 0.15) is 65.4 Å². The lowest BCUT2D eigenvalue weighted by Crippen LogP contribution is -2.46. The predicted octanol–water partition coefficient (Wildman–Crippen LogP) is 5.35. The van der Waals surface area contributed by atoms with Crippen LogP contribution in [0.15, 0.2) is 18.2 Å². The van der Waals surface area contributed by atoms with Crippen LogP contribution in [0.25, 0.3) is 0 Å². The molecule has 2 aliphatic rings. The van der Waals surface area contributed by atoms with Crippen LogP contribution in [0.2, 0.25) is 0 Å². The average Bonchev–Trinajstić information content (AvgIpc) is 2.54. The van der Waals surface area contributed by atoms with E-state index < -0.39 is 0 Å². The van der Waals surface area contributed by atoms with E-state index in [1.807, 2.05) is 4.90 Å². The zero-order valence-corrected chi connectivity index (χ0v) is 15.4. The van der Waals surface area contributed by atoms with E-state index in [4.69, 9.17) is 0 Å². The molecular weight excluding hydrogens is 301 g/mol. The fourth-order valence-electron chi connectivity index (χ4n) is 4.46. The second kappa shape index (κ2) is 6.50. The number of halogens is 1. The number of carbonyl (C=O) groups excluding carboxylic acids is 1. The van der Waals surface area contributed by atoms with E-state index in [0.29, 0.717) is 11.3 Å². The molecule has 1 heterocycles. The maximum Gasteiger partial charge on any atom is 0.230 e. The maximum absolute atomic E-state index is 13.5.